The topological polar surface area (TPSA) is 53.5 Å². The first-order valence-electron chi connectivity index (χ1n) is 9.66. The first-order valence-corrected chi connectivity index (χ1v) is 10.4. The van der Waals surface area contributed by atoms with Gasteiger partial charge in [-0.2, -0.15) is 13.2 Å². The largest absolute Gasteiger partial charge is 0.507 e. The number of hydrogen-bond acceptors (Lipinski definition) is 4. The van der Waals surface area contributed by atoms with Crippen LogP contribution in [0.2, 0.25) is 0 Å². The molecule has 4 rings (SSSR count). The molecule has 3 aromatic rings. The zero-order valence-corrected chi connectivity index (χ0v) is 17.8. The quantitative estimate of drug-likeness (QED) is 0.434. The Morgan fingerprint density at radius 3 is 2.29 bits per heavy atom. The minimum atomic E-state index is -4.46. The van der Waals surface area contributed by atoms with E-state index in [0.717, 1.165) is 10.0 Å². The van der Waals surface area contributed by atoms with Gasteiger partial charge in [-0.1, -0.05) is 64.5 Å². The van der Waals surface area contributed by atoms with E-state index in [9.17, 15) is 18.3 Å². The highest BCUT2D eigenvalue weighted by atomic mass is 79.9. The van der Waals surface area contributed by atoms with Crippen LogP contribution < -0.4 is 15.6 Å². The summed E-state index contributed by atoms with van der Waals surface area (Å²) in [5, 5.41) is 10.6. The van der Waals surface area contributed by atoms with Crippen molar-refractivity contribution in [2.75, 3.05) is 0 Å². The number of rotatable bonds is 5. The second-order valence-electron chi connectivity index (χ2n) is 7.36. The van der Waals surface area contributed by atoms with Gasteiger partial charge < -0.3 is 9.84 Å². The van der Waals surface area contributed by atoms with Crippen LogP contribution in [0.1, 0.15) is 28.7 Å². The van der Waals surface area contributed by atoms with Gasteiger partial charge in [0.2, 0.25) is 0 Å². The summed E-state index contributed by atoms with van der Waals surface area (Å²) in [4.78, 5) is 0. The average molecular weight is 493 g/mol. The highest BCUT2D eigenvalue weighted by molar-refractivity contribution is 9.10. The molecule has 1 fully saturated rings. The number of hydrogen-bond donors (Lipinski definition) is 3. The smallest absolute Gasteiger partial charge is 0.405 e. The Bertz CT molecular complexity index is 1030. The van der Waals surface area contributed by atoms with Gasteiger partial charge in [-0.3, -0.25) is 0 Å². The number of phenols is 1. The molecule has 3 aromatic carbocycles. The predicted octanol–water partition coefficient (Wildman–Crippen LogP) is 5.60. The maximum Gasteiger partial charge on any atom is 0.405 e. The third-order valence-electron chi connectivity index (χ3n) is 5.31. The van der Waals surface area contributed by atoms with E-state index in [4.69, 9.17) is 4.74 Å². The molecule has 1 saturated heterocycles. The molecule has 1 heterocycles. The normalized spacial score (nSPS) is 21.2. The number of halogens is 4. The van der Waals surface area contributed by atoms with E-state index in [1.54, 1.807) is 36.4 Å². The van der Waals surface area contributed by atoms with Gasteiger partial charge in [0.25, 0.3) is 0 Å². The number of phenolic OH excluding ortho intramolecular Hbond substituents is 1. The molecule has 4 nitrogen and oxygen atoms in total. The monoisotopic (exact) mass is 492 g/mol. The Morgan fingerprint density at radius 1 is 0.935 bits per heavy atom. The molecule has 0 bridgehead atoms. The molecule has 0 aromatic heterocycles. The molecule has 31 heavy (non-hydrogen) atoms. The van der Waals surface area contributed by atoms with Crippen molar-refractivity contribution >= 4 is 15.9 Å². The SMILES string of the molecule is Oc1cc(OCc2ccccc2)ccc1C1NNC(C(F)(F)F)C1c1ccc(Br)cc1. The van der Waals surface area contributed by atoms with Gasteiger partial charge >= 0.3 is 6.18 Å². The number of alkyl halides is 3. The number of nitrogens with one attached hydrogen (secondary N) is 2. The van der Waals surface area contributed by atoms with E-state index >= 15 is 0 Å². The lowest BCUT2D eigenvalue weighted by Gasteiger charge is -2.26. The molecule has 3 atom stereocenters. The summed E-state index contributed by atoms with van der Waals surface area (Å²) >= 11 is 3.31. The van der Waals surface area contributed by atoms with Crippen molar-refractivity contribution in [2.24, 2.45) is 0 Å². The number of benzene rings is 3. The van der Waals surface area contributed by atoms with Crippen LogP contribution in [0.4, 0.5) is 13.2 Å². The molecule has 8 heteroatoms. The Hall–Kier alpha value is -2.55. The van der Waals surface area contributed by atoms with Crippen LogP contribution in [0, 0.1) is 0 Å². The Morgan fingerprint density at radius 2 is 1.65 bits per heavy atom. The lowest BCUT2D eigenvalue weighted by Crippen LogP contribution is -2.43. The van der Waals surface area contributed by atoms with Gasteiger partial charge in [0.05, 0.1) is 6.04 Å². The van der Waals surface area contributed by atoms with Crippen molar-refractivity contribution in [1.82, 2.24) is 10.9 Å². The Kier molecular flexibility index (Phi) is 6.22. The van der Waals surface area contributed by atoms with Crippen LogP contribution in [0.5, 0.6) is 11.5 Å². The van der Waals surface area contributed by atoms with E-state index < -0.39 is 24.2 Å². The van der Waals surface area contributed by atoms with Crippen LogP contribution in [0.25, 0.3) is 0 Å². The van der Waals surface area contributed by atoms with Gasteiger partial charge in [0.1, 0.15) is 24.1 Å². The highest BCUT2D eigenvalue weighted by Crippen LogP contribution is 2.45. The number of ether oxygens (including phenoxy) is 1. The maximum absolute atomic E-state index is 13.7. The fraction of sp³-hybridized carbons (Fsp3) is 0.217. The Labute approximate surface area is 186 Å². The van der Waals surface area contributed by atoms with Gasteiger partial charge in [-0.05, 0) is 29.3 Å². The fourth-order valence-corrected chi connectivity index (χ4v) is 4.06. The third-order valence-corrected chi connectivity index (χ3v) is 5.83. The Balaban J connectivity index is 1.60. The number of aromatic hydroxyl groups is 1. The van der Waals surface area contributed by atoms with Crippen LogP contribution in [-0.2, 0) is 6.61 Å². The zero-order chi connectivity index (χ0) is 22.0. The summed E-state index contributed by atoms with van der Waals surface area (Å²) in [5.41, 5.74) is 6.94. The van der Waals surface area contributed by atoms with Crippen molar-refractivity contribution in [1.29, 1.82) is 0 Å². The van der Waals surface area contributed by atoms with E-state index in [-0.39, 0.29) is 5.75 Å². The fourth-order valence-electron chi connectivity index (χ4n) is 3.80. The average Bonchev–Trinajstić information content (AvgIpc) is 3.19. The first kappa shape index (κ1) is 21.7. The molecule has 1 aliphatic rings. The van der Waals surface area contributed by atoms with E-state index in [0.29, 0.717) is 23.5 Å². The molecule has 0 aliphatic carbocycles. The lowest BCUT2D eigenvalue weighted by atomic mass is 9.83. The van der Waals surface area contributed by atoms with Crippen LogP contribution in [0.3, 0.4) is 0 Å². The lowest BCUT2D eigenvalue weighted by molar-refractivity contribution is -0.156. The summed E-state index contributed by atoms with van der Waals surface area (Å²) < 4.78 is 47.6. The molecule has 1 aliphatic heterocycles. The van der Waals surface area contributed by atoms with Gasteiger partial charge in [-0.25, -0.2) is 10.9 Å². The first-order chi connectivity index (χ1) is 14.8. The highest BCUT2D eigenvalue weighted by Gasteiger charge is 2.52. The predicted molar refractivity (Wildman–Crippen MR) is 115 cm³/mol. The van der Waals surface area contributed by atoms with Crippen LogP contribution >= 0.6 is 15.9 Å². The molecular formula is C23H20BrF3N2O2. The van der Waals surface area contributed by atoms with Gasteiger partial charge in [-0.15, -0.1) is 0 Å². The minimum absolute atomic E-state index is 0.130. The van der Waals surface area contributed by atoms with Crippen LogP contribution in [-0.4, -0.2) is 17.3 Å². The van der Waals surface area contributed by atoms with Crippen molar-refractivity contribution in [3.05, 3.63) is 94.0 Å². The van der Waals surface area contributed by atoms with Crippen LogP contribution in [0.15, 0.2) is 77.3 Å². The van der Waals surface area contributed by atoms with Crippen molar-refractivity contribution in [3.63, 3.8) is 0 Å². The molecule has 0 spiro atoms. The van der Waals surface area contributed by atoms with Gasteiger partial charge in [0.15, 0.2) is 0 Å². The summed E-state index contributed by atoms with van der Waals surface area (Å²) in [6, 6.07) is 18.4. The summed E-state index contributed by atoms with van der Waals surface area (Å²) in [6.07, 6.45) is -4.46. The van der Waals surface area contributed by atoms with Crippen molar-refractivity contribution in [2.45, 2.75) is 30.8 Å². The van der Waals surface area contributed by atoms with Crippen molar-refractivity contribution < 1.29 is 23.0 Å². The molecular weight excluding hydrogens is 473 g/mol. The van der Waals surface area contributed by atoms with Gasteiger partial charge in [0, 0.05) is 22.0 Å². The standard InChI is InChI=1S/C23H20BrF3N2O2/c24-16-8-6-15(7-9-16)20-21(28-29-22(20)23(25,26)27)18-11-10-17(12-19(18)30)31-13-14-4-2-1-3-5-14/h1-12,20-22,28-30H,13H2. The van der Waals surface area contributed by atoms with E-state index in [2.05, 4.69) is 26.8 Å². The summed E-state index contributed by atoms with van der Waals surface area (Å²) in [6.45, 7) is 0.320. The van der Waals surface area contributed by atoms with E-state index in [1.165, 1.54) is 6.07 Å². The maximum atomic E-state index is 13.7. The summed E-state index contributed by atoms with van der Waals surface area (Å²) in [5.74, 6) is -0.659. The minimum Gasteiger partial charge on any atom is -0.507 e. The summed E-state index contributed by atoms with van der Waals surface area (Å²) in [7, 11) is 0. The molecule has 3 N–H and O–H groups in total. The second-order valence-corrected chi connectivity index (χ2v) is 8.27. The second kappa shape index (κ2) is 8.90. The zero-order valence-electron chi connectivity index (χ0n) is 16.2. The molecule has 162 valence electrons. The molecule has 3 unspecified atom stereocenters. The third kappa shape index (κ3) is 4.87. The molecule has 0 radical (unpaired) electrons. The van der Waals surface area contributed by atoms with E-state index in [1.807, 2.05) is 30.3 Å². The number of hydrazine groups is 1. The molecule has 0 saturated carbocycles. The van der Waals surface area contributed by atoms with Crippen molar-refractivity contribution in [3.8, 4) is 11.5 Å². The molecule has 0 amide bonds.